The van der Waals surface area contributed by atoms with Crippen LogP contribution >= 0.6 is 28.1 Å². The van der Waals surface area contributed by atoms with Crippen molar-refractivity contribution in [2.75, 3.05) is 0 Å². The van der Waals surface area contributed by atoms with Gasteiger partial charge in [0.2, 0.25) is 0 Å². The SMILES string of the molecule is CCC(NC(=S)NC(=O)c1ccccc1Br)c1ccccc1. The minimum Gasteiger partial charge on any atom is -0.356 e. The average molecular weight is 377 g/mol. The Morgan fingerprint density at radius 3 is 2.41 bits per heavy atom. The van der Waals surface area contributed by atoms with E-state index in [2.05, 4.69) is 33.5 Å². The summed E-state index contributed by atoms with van der Waals surface area (Å²) in [7, 11) is 0. The van der Waals surface area contributed by atoms with Gasteiger partial charge in [0.1, 0.15) is 0 Å². The predicted molar refractivity (Wildman–Crippen MR) is 96.8 cm³/mol. The van der Waals surface area contributed by atoms with Crippen molar-refractivity contribution in [3.63, 3.8) is 0 Å². The summed E-state index contributed by atoms with van der Waals surface area (Å²) in [5.74, 6) is -0.229. The molecule has 0 aromatic heterocycles. The van der Waals surface area contributed by atoms with Crippen molar-refractivity contribution in [1.29, 1.82) is 0 Å². The van der Waals surface area contributed by atoms with Gasteiger partial charge < -0.3 is 5.32 Å². The first-order valence-electron chi connectivity index (χ1n) is 7.03. The maximum Gasteiger partial charge on any atom is 0.258 e. The van der Waals surface area contributed by atoms with Gasteiger partial charge in [0.25, 0.3) is 5.91 Å². The molecule has 1 unspecified atom stereocenters. The second kappa shape index (κ2) is 8.06. The van der Waals surface area contributed by atoms with Crippen molar-refractivity contribution in [3.8, 4) is 0 Å². The molecule has 0 spiro atoms. The fraction of sp³-hybridized carbons (Fsp3) is 0.176. The van der Waals surface area contributed by atoms with Gasteiger partial charge in [-0.2, -0.15) is 0 Å². The zero-order valence-corrected chi connectivity index (χ0v) is 14.6. The van der Waals surface area contributed by atoms with Crippen LogP contribution in [0, 0.1) is 0 Å². The molecule has 3 nitrogen and oxygen atoms in total. The summed E-state index contributed by atoms with van der Waals surface area (Å²) in [6, 6.07) is 17.4. The molecule has 114 valence electrons. The maximum atomic E-state index is 12.2. The second-order valence-corrected chi connectivity index (χ2v) is 6.04. The number of carbonyl (C=O) groups excluding carboxylic acids is 1. The molecule has 0 saturated carbocycles. The normalized spacial score (nSPS) is 11.5. The Kier molecular flexibility index (Phi) is 6.10. The molecular formula is C17H17BrN2OS. The summed E-state index contributed by atoms with van der Waals surface area (Å²) in [5.41, 5.74) is 1.70. The lowest BCUT2D eigenvalue weighted by Crippen LogP contribution is -2.41. The first-order chi connectivity index (χ1) is 10.6. The maximum absolute atomic E-state index is 12.2. The minimum absolute atomic E-state index is 0.0771. The zero-order valence-electron chi connectivity index (χ0n) is 12.2. The standard InChI is InChI=1S/C17H17BrN2OS/c1-2-15(12-8-4-3-5-9-12)19-17(22)20-16(21)13-10-6-7-11-14(13)18/h3-11,15H,2H2,1H3,(H2,19,20,21,22). The molecule has 2 rings (SSSR count). The van der Waals surface area contributed by atoms with Gasteiger partial charge in [-0.05, 0) is 52.3 Å². The topological polar surface area (TPSA) is 41.1 Å². The minimum atomic E-state index is -0.229. The molecule has 0 bridgehead atoms. The summed E-state index contributed by atoms with van der Waals surface area (Å²) >= 11 is 8.62. The number of rotatable bonds is 4. The van der Waals surface area contributed by atoms with Crippen molar-refractivity contribution >= 4 is 39.2 Å². The van der Waals surface area contributed by atoms with E-state index in [1.54, 1.807) is 6.07 Å². The zero-order chi connectivity index (χ0) is 15.9. The third-order valence-corrected chi connectivity index (χ3v) is 4.17. The molecule has 1 atom stereocenters. The monoisotopic (exact) mass is 376 g/mol. The van der Waals surface area contributed by atoms with Crippen molar-refractivity contribution in [2.45, 2.75) is 19.4 Å². The molecule has 0 aliphatic heterocycles. The van der Waals surface area contributed by atoms with Crippen LogP contribution in [0.3, 0.4) is 0 Å². The third-order valence-electron chi connectivity index (χ3n) is 3.26. The van der Waals surface area contributed by atoms with E-state index >= 15 is 0 Å². The van der Waals surface area contributed by atoms with E-state index in [0.717, 1.165) is 16.5 Å². The van der Waals surface area contributed by atoms with Gasteiger partial charge in [-0.3, -0.25) is 10.1 Å². The van der Waals surface area contributed by atoms with Crippen molar-refractivity contribution in [3.05, 3.63) is 70.2 Å². The second-order valence-electron chi connectivity index (χ2n) is 4.78. The highest BCUT2D eigenvalue weighted by atomic mass is 79.9. The molecule has 2 N–H and O–H groups in total. The summed E-state index contributed by atoms with van der Waals surface area (Å²) in [4.78, 5) is 12.2. The van der Waals surface area contributed by atoms with Crippen LogP contribution in [0.5, 0.6) is 0 Å². The Bertz CT molecular complexity index is 661. The number of hydrogen-bond donors (Lipinski definition) is 2. The lowest BCUT2D eigenvalue weighted by molar-refractivity contribution is 0.0975. The molecule has 5 heteroatoms. The Balaban J connectivity index is 2.00. The number of benzene rings is 2. The number of halogens is 1. The first-order valence-corrected chi connectivity index (χ1v) is 8.23. The van der Waals surface area contributed by atoms with Gasteiger partial charge in [-0.25, -0.2) is 0 Å². The van der Waals surface area contributed by atoms with Crippen LogP contribution in [0.2, 0.25) is 0 Å². The van der Waals surface area contributed by atoms with Gasteiger partial charge in [-0.15, -0.1) is 0 Å². The molecule has 22 heavy (non-hydrogen) atoms. The van der Waals surface area contributed by atoms with Crippen LogP contribution < -0.4 is 10.6 Å². The van der Waals surface area contributed by atoms with E-state index in [9.17, 15) is 4.79 Å². The smallest absolute Gasteiger partial charge is 0.258 e. The number of nitrogens with one attached hydrogen (secondary N) is 2. The van der Waals surface area contributed by atoms with E-state index in [1.165, 1.54) is 0 Å². The van der Waals surface area contributed by atoms with Gasteiger partial charge >= 0.3 is 0 Å². The molecule has 0 fully saturated rings. The van der Waals surface area contributed by atoms with E-state index in [-0.39, 0.29) is 11.9 Å². The van der Waals surface area contributed by atoms with Crippen LogP contribution in [-0.4, -0.2) is 11.0 Å². The highest BCUT2D eigenvalue weighted by molar-refractivity contribution is 9.10. The van der Waals surface area contributed by atoms with Crippen LogP contribution in [0.4, 0.5) is 0 Å². The fourth-order valence-electron chi connectivity index (χ4n) is 2.12. The average Bonchev–Trinajstić information content (AvgIpc) is 2.53. The molecule has 2 aromatic carbocycles. The van der Waals surface area contributed by atoms with E-state index in [1.807, 2.05) is 48.5 Å². The first kappa shape index (κ1) is 16.6. The lowest BCUT2D eigenvalue weighted by Gasteiger charge is -2.19. The van der Waals surface area contributed by atoms with E-state index in [0.29, 0.717) is 10.7 Å². The largest absolute Gasteiger partial charge is 0.356 e. The molecule has 0 radical (unpaired) electrons. The predicted octanol–water partition coefficient (Wildman–Crippen LogP) is 4.20. The molecule has 1 amide bonds. The van der Waals surface area contributed by atoms with Crippen molar-refractivity contribution < 1.29 is 4.79 Å². The molecule has 0 saturated heterocycles. The van der Waals surface area contributed by atoms with Crippen LogP contribution in [0.1, 0.15) is 35.3 Å². The van der Waals surface area contributed by atoms with Crippen LogP contribution in [-0.2, 0) is 0 Å². The van der Waals surface area contributed by atoms with Crippen LogP contribution in [0.15, 0.2) is 59.1 Å². The molecule has 0 aliphatic rings. The number of hydrogen-bond acceptors (Lipinski definition) is 2. The van der Waals surface area contributed by atoms with Crippen LogP contribution in [0.25, 0.3) is 0 Å². The Labute approximate surface area is 144 Å². The third kappa shape index (κ3) is 4.39. The number of carbonyl (C=O) groups is 1. The van der Waals surface area contributed by atoms with Crippen molar-refractivity contribution in [2.24, 2.45) is 0 Å². The molecule has 0 heterocycles. The summed E-state index contributed by atoms with van der Waals surface area (Å²) in [6.45, 7) is 2.07. The Hall–Kier alpha value is -1.72. The summed E-state index contributed by atoms with van der Waals surface area (Å²) < 4.78 is 0.741. The van der Waals surface area contributed by atoms with Gasteiger partial charge in [0, 0.05) is 4.47 Å². The van der Waals surface area contributed by atoms with E-state index in [4.69, 9.17) is 12.2 Å². The molecule has 2 aromatic rings. The quantitative estimate of drug-likeness (QED) is 0.785. The van der Waals surface area contributed by atoms with Crippen molar-refractivity contribution in [1.82, 2.24) is 10.6 Å². The summed E-state index contributed by atoms with van der Waals surface area (Å²) in [5, 5.41) is 6.24. The van der Waals surface area contributed by atoms with Gasteiger partial charge in [-0.1, -0.05) is 49.4 Å². The summed E-state index contributed by atoms with van der Waals surface area (Å²) in [6.07, 6.45) is 0.870. The Morgan fingerprint density at radius 1 is 1.14 bits per heavy atom. The fourth-order valence-corrected chi connectivity index (χ4v) is 2.82. The number of thiocarbonyl (C=S) groups is 1. The molecular weight excluding hydrogens is 360 g/mol. The number of amides is 1. The lowest BCUT2D eigenvalue weighted by atomic mass is 10.1. The molecule has 0 aliphatic carbocycles. The highest BCUT2D eigenvalue weighted by Crippen LogP contribution is 2.17. The van der Waals surface area contributed by atoms with Gasteiger partial charge in [0.05, 0.1) is 11.6 Å². The Morgan fingerprint density at radius 2 is 1.77 bits per heavy atom. The highest BCUT2D eigenvalue weighted by Gasteiger charge is 2.14. The van der Waals surface area contributed by atoms with Gasteiger partial charge in [0.15, 0.2) is 5.11 Å². The van der Waals surface area contributed by atoms with E-state index < -0.39 is 0 Å².